The maximum Gasteiger partial charge on any atom is 0.333 e. The molecular weight excluding hydrogens is 934 g/mol. The molecule has 16 N–H and O–H groups in total. The molecule has 3 aliphatic heterocycles. The Bertz CT molecular complexity index is 1720. The van der Waals surface area contributed by atoms with Gasteiger partial charge in [0.2, 0.25) is 29.5 Å². The molecule has 0 saturated carbocycles. The summed E-state index contributed by atoms with van der Waals surface area (Å²) >= 11 is 0. The van der Waals surface area contributed by atoms with E-state index in [0.29, 0.717) is 24.0 Å². The highest BCUT2D eigenvalue weighted by Crippen LogP contribution is 2.25. The Morgan fingerprint density at radius 2 is 1.12 bits per heavy atom. The highest BCUT2D eigenvalue weighted by molar-refractivity contribution is 5.84. The molecule has 0 aliphatic carbocycles. The van der Waals surface area contributed by atoms with Gasteiger partial charge in [0.15, 0.2) is 18.9 Å². The van der Waals surface area contributed by atoms with E-state index in [0.717, 1.165) is 17.0 Å². The zero-order valence-corrected chi connectivity index (χ0v) is 37.7. The zero-order chi connectivity index (χ0) is 50.9. The van der Waals surface area contributed by atoms with Crippen LogP contribution in [0.5, 0.6) is 11.8 Å². The molecule has 3 saturated heterocycles. The SMILES string of the molecule is CC1OC(OCCNC(=O)CN(CC(=O)NCCCCCC(=O)On2c(O)ccc2O)CC(=O)NC(CCOC2OC(CO)C(O)C(O)C2O)COC2OC(CO)C(O)C(O)C2O)C(O)C(O)C1O. The molecule has 3 fully saturated rings. The van der Waals surface area contributed by atoms with E-state index in [4.69, 9.17) is 33.3 Å². The van der Waals surface area contributed by atoms with Gasteiger partial charge < -0.3 is 116 Å². The summed E-state index contributed by atoms with van der Waals surface area (Å²) in [6.07, 6.45) is -22.2. The molecule has 1 aromatic rings. The third kappa shape index (κ3) is 17.1. The Balaban J connectivity index is 1.37. The zero-order valence-electron chi connectivity index (χ0n) is 37.7. The number of nitrogens with one attached hydrogen (secondary N) is 3. The first-order valence-corrected chi connectivity index (χ1v) is 22.3. The van der Waals surface area contributed by atoms with Gasteiger partial charge in [-0.15, -0.1) is 4.73 Å². The fourth-order valence-corrected chi connectivity index (χ4v) is 7.27. The van der Waals surface area contributed by atoms with Crippen molar-refractivity contribution in [2.75, 3.05) is 65.8 Å². The second kappa shape index (κ2) is 28.2. The van der Waals surface area contributed by atoms with Gasteiger partial charge in [-0.3, -0.25) is 19.3 Å². The molecule has 0 bridgehead atoms. The van der Waals surface area contributed by atoms with E-state index in [2.05, 4.69) is 16.0 Å². The molecule has 29 heteroatoms. The smallest absolute Gasteiger partial charge is 0.333 e. The number of unbranched alkanes of at least 4 members (excludes halogenated alkanes) is 2. The maximum absolute atomic E-state index is 13.7. The number of rotatable bonds is 27. The highest BCUT2D eigenvalue weighted by atomic mass is 16.7. The van der Waals surface area contributed by atoms with Crippen LogP contribution in [0, 0.1) is 0 Å². The fraction of sp³-hybridized carbons (Fsp3) is 0.800. The van der Waals surface area contributed by atoms with Gasteiger partial charge in [0, 0.05) is 31.6 Å². The van der Waals surface area contributed by atoms with Crippen LogP contribution >= 0.6 is 0 Å². The molecule has 396 valence electrons. The highest BCUT2D eigenvalue weighted by Gasteiger charge is 2.46. The quantitative estimate of drug-likeness (QED) is 0.0364. The Morgan fingerprint density at radius 3 is 1.68 bits per heavy atom. The topological polar surface area (TPSA) is 440 Å². The number of hydrogen-bond donors (Lipinski definition) is 16. The van der Waals surface area contributed by atoms with Crippen molar-refractivity contribution in [2.45, 2.75) is 137 Å². The molecular formula is C40H67N5O24. The van der Waals surface area contributed by atoms with E-state index < -0.39 is 173 Å². The summed E-state index contributed by atoms with van der Waals surface area (Å²) in [5.74, 6) is -3.82. The largest absolute Gasteiger partial charge is 0.492 e. The van der Waals surface area contributed by atoms with Crippen LogP contribution < -0.4 is 20.8 Å². The van der Waals surface area contributed by atoms with E-state index in [1.54, 1.807) is 0 Å². The average molecular weight is 1000 g/mol. The van der Waals surface area contributed by atoms with Gasteiger partial charge in [-0.1, -0.05) is 6.42 Å². The monoisotopic (exact) mass is 1000 g/mol. The fourth-order valence-electron chi connectivity index (χ4n) is 7.27. The Labute approximate surface area is 394 Å². The number of hydrogen-bond acceptors (Lipinski definition) is 25. The first kappa shape index (κ1) is 57.6. The van der Waals surface area contributed by atoms with Crippen molar-refractivity contribution in [1.29, 1.82) is 0 Å². The van der Waals surface area contributed by atoms with Crippen molar-refractivity contribution < 1.29 is 119 Å². The van der Waals surface area contributed by atoms with Gasteiger partial charge in [-0.2, -0.15) is 0 Å². The molecule has 4 rings (SSSR count). The van der Waals surface area contributed by atoms with Gasteiger partial charge in [0.25, 0.3) is 0 Å². The first-order valence-electron chi connectivity index (χ1n) is 22.3. The number of ether oxygens (including phenoxy) is 6. The molecule has 0 spiro atoms. The summed E-state index contributed by atoms with van der Waals surface area (Å²) in [4.78, 5) is 58.1. The second-order valence-electron chi connectivity index (χ2n) is 16.7. The standard InChI is InChI=1S/C40H67N5O24/c1-19-29(54)32(57)35(60)38(66-19)64-12-10-42-24(49)14-44(13-23(48)41-9-4-2-3-5-28(53)69-45-26(51)6-7-27(45)52)15-25(50)43-20(18-65-40-37(62)34(59)31(56)22(17-47)68-40)8-11-63-39-36(61)33(58)30(55)21(16-46)67-39/h6-7,19-22,29-40,46-47,51-52,54-62H,2-5,8-18H2,1H3,(H,41,48)(H,42,49)(H,43,50). The molecule has 0 radical (unpaired) electrons. The van der Waals surface area contributed by atoms with Gasteiger partial charge in [-0.05, 0) is 26.2 Å². The number of aliphatic hydroxyl groups is 11. The number of carbonyl (C=O) groups excluding carboxylic acids is 4. The summed E-state index contributed by atoms with van der Waals surface area (Å²) in [5, 5.41) is 138. The van der Waals surface area contributed by atoms with E-state index >= 15 is 0 Å². The third-order valence-electron chi connectivity index (χ3n) is 11.3. The molecule has 16 atom stereocenters. The van der Waals surface area contributed by atoms with Crippen LogP contribution in [0.3, 0.4) is 0 Å². The van der Waals surface area contributed by atoms with Crippen LogP contribution in [0.1, 0.15) is 39.0 Å². The minimum atomic E-state index is -1.82. The lowest BCUT2D eigenvalue weighted by Gasteiger charge is -2.40. The number of amides is 3. The number of aromatic hydroxyl groups is 2. The Morgan fingerprint density at radius 1 is 0.623 bits per heavy atom. The molecule has 0 aromatic carbocycles. The third-order valence-corrected chi connectivity index (χ3v) is 11.3. The molecule has 29 nitrogen and oxygen atoms in total. The van der Waals surface area contributed by atoms with Crippen molar-refractivity contribution in [3.05, 3.63) is 12.1 Å². The van der Waals surface area contributed by atoms with Crippen LogP contribution in [0.15, 0.2) is 12.1 Å². The molecule has 16 unspecified atom stereocenters. The average Bonchev–Trinajstić information content (AvgIpc) is 3.63. The summed E-state index contributed by atoms with van der Waals surface area (Å²) in [7, 11) is 0. The van der Waals surface area contributed by atoms with Crippen molar-refractivity contribution >= 4 is 23.7 Å². The van der Waals surface area contributed by atoms with Crippen LogP contribution in [-0.2, 0) is 47.6 Å². The summed E-state index contributed by atoms with van der Waals surface area (Å²) in [5.41, 5.74) is 0. The van der Waals surface area contributed by atoms with Crippen molar-refractivity contribution in [2.24, 2.45) is 0 Å². The lowest BCUT2D eigenvalue weighted by Crippen LogP contribution is -2.60. The van der Waals surface area contributed by atoms with Gasteiger partial charge in [0.05, 0.1) is 64.8 Å². The minimum absolute atomic E-state index is 0.0824. The molecule has 3 amide bonds. The number of nitrogens with zero attached hydrogens (tertiary/aromatic N) is 2. The minimum Gasteiger partial charge on any atom is -0.492 e. The van der Waals surface area contributed by atoms with E-state index in [1.165, 1.54) is 6.92 Å². The lowest BCUT2D eigenvalue weighted by atomic mass is 9.99. The molecule has 1 aromatic heterocycles. The summed E-state index contributed by atoms with van der Waals surface area (Å²) < 4.78 is 33.3. The number of aromatic nitrogens is 1. The van der Waals surface area contributed by atoms with E-state index in [9.17, 15) is 85.6 Å². The van der Waals surface area contributed by atoms with Crippen molar-refractivity contribution in [1.82, 2.24) is 25.6 Å². The Hall–Kier alpha value is -3.96. The van der Waals surface area contributed by atoms with Crippen LogP contribution in [0.4, 0.5) is 0 Å². The Kier molecular flexibility index (Phi) is 23.5. The summed E-state index contributed by atoms with van der Waals surface area (Å²) in [6, 6.07) is 1.16. The van der Waals surface area contributed by atoms with E-state index in [1.807, 2.05) is 0 Å². The van der Waals surface area contributed by atoms with Crippen LogP contribution in [-0.4, -0.2) is 264 Å². The van der Waals surface area contributed by atoms with Crippen molar-refractivity contribution in [3.63, 3.8) is 0 Å². The second-order valence-corrected chi connectivity index (χ2v) is 16.7. The predicted octanol–water partition coefficient (Wildman–Crippen LogP) is -8.70. The lowest BCUT2D eigenvalue weighted by molar-refractivity contribution is -0.304. The van der Waals surface area contributed by atoms with Gasteiger partial charge in [0.1, 0.15) is 67.1 Å². The molecule has 4 heterocycles. The number of carbonyl (C=O) groups is 4. The molecule has 69 heavy (non-hydrogen) atoms. The van der Waals surface area contributed by atoms with Crippen LogP contribution in [0.2, 0.25) is 0 Å². The summed E-state index contributed by atoms with van der Waals surface area (Å²) in [6.45, 7) is -2.87. The van der Waals surface area contributed by atoms with Gasteiger partial charge in [-0.25, -0.2) is 4.79 Å². The first-order chi connectivity index (χ1) is 32.7. The van der Waals surface area contributed by atoms with E-state index in [-0.39, 0.29) is 39.1 Å². The van der Waals surface area contributed by atoms with Gasteiger partial charge >= 0.3 is 5.97 Å². The van der Waals surface area contributed by atoms with Crippen LogP contribution in [0.25, 0.3) is 0 Å². The maximum atomic E-state index is 13.7. The number of aliphatic hydroxyl groups excluding tert-OH is 11. The molecule has 3 aliphatic rings. The predicted molar refractivity (Wildman–Crippen MR) is 225 cm³/mol. The van der Waals surface area contributed by atoms with Crippen molar-refractivity contribution in [3.8, 4) is 11.8 Å². The normalized spacial score (nSPS) is 32.0.